The van der Waals surface area contributed by atoms with Crippen molar-refractivity contribution in [2.24, 2.45) is 0 Å². The summed E-state index contributed by atoms with van der Waals surface area (Å²) in [4.78, 5) is 2.59. The topological polar surface area (TPSA) is 36.9 Å². The maximum Gasteiger partial charge on any atom is 0.119 e. The molecule has 0 saturated heterocycles. The van der Waals surface area contributed by atoms with Crippen molar-refractivity contribution < 1.29 is 18.9 Å². The standard InChI is InChI=1S/C72H88Br2O4S2/c1-5-9-13-17-21-25-45-75-57-37-29-53(30-38-57)71(54-31-39-58(40-32-54)76-46-26-22-18-14-10-6-2)63-49-62-64(50-61(63)69-65(71)51-67(73)79-69)72(66-52-68(74)80-70(62)66,55-33-41-59(42-34-55)77-47-27-23-19-15-11-7-3)56-35-43-60(44-36-56)78-48-28-24-20-16-12-8-4/h29-44,49-52H,5-28,45-48H2,1-4H3. The lowest BCUT2D eigenvalue weighted by Gasteiger charge is -2.35. The van der Waals surface area contributed by atoms with Crippen LogP contribution in [0.25, 0.3) is 20.9 Å². The van der Waals surface area contributed by atoms with Crippen molar-refractivity contribution in [1.29, 1.82) is 0 Å². The number of fused-ring (bicyclic) bond motifs is 6. The molecule has 2 aliphatic rings. The van der Waals surface area contributed by atoms with Gasteiger partial charge in [-0.05, 0) is 186 Å². The second-order valence-electron chi connectivity index (χ2n) is 22.6. The van der Waals surface area contributed by atoms with Crippen LogP contribution >= 0.6 is 54.5 Å². The highest BCUT2D eigenvalue weighted by atomic mass is 79.9. The molecular weight excluding hydrogens is 1150 g/mol. The maximum atomic E-state index is 6.47. The lowest BCUT2D eigenvalue weighted by atomic mass is 9.66. The smallest absolute Gasteiger partial charge is 0.119 e. The van der Waals surface area contributed by atoms with Gasteiger partial charge in [-0.2, -0.15) is 0 Å². The van der Waals surface area contributed by atoms with E-state index in [0.29, 0.717) is 0 Å². The summed E-state index contributed by atoms with van der Waals surface area (Å²) in [5.74, 6) is 3.69. The molecule has 0 amide bonds. The summed E-state index contributed by atoms with van der Waals surface area (Å²) in [6.45, 7) is 12.0. The maximum absolute atomic E-state index is 6.47. The van der Waals surface area contributed by atoms with E-state index >= 15 is 0 Å². The van der Waals surface area contributed by atoms with E-state index in [1.807, 2.05) is 22.7 Å². The first-order valence-corrected chi connectivity index (χ1v) is 34.3. The van der Waals surface area contributed by atoms with Gasteiger partial charge in [0, 0.05) is 9.75 Å². The Hall–Kier alpha value is -4.34. The number of ether oxygens (including phenoxy) is 4. The van der Waals surface area contributed by atoms with Crippen molar-refractivity contribution in [1.82, 2.24) is 0 Å². The van der Waals surface area contributed by atoms with E-state index in [-0.39, 0.29) is 0 Å². The molecule has 7 aromatic rings. The summed E-state index contributed by atoms with van der Waals surface area (Å²) in [5, 5.41) is 0. The van der Waals surface area contributed by atoms with Gasteiger partial charge in [-0.1, -0.05) is 205 Å². The Labute approximate surface area is 506 Å². The quantitative estimate of drug-likeness (QED) is 0.0367. The van der Waals surface area contributed by atoms with Gasteiger partial charge in [-0.3, -0.25) is 0 Å². The van der Waals surface area contributed by atoms with E-state index in [1.165, 1.54) is 194 Å². The third-order valence-corrected chi connectivity index (χ3v) is 20.2. The van der Waals surface area contributed by atoms with Crippen LogP contribution in [0.1, 0.15) is 226 Å². The summed E-state index contributed by atoms with van der Waals surface area (Å²) in [7, 11) is 0. The molecule has 0 bridgehead atoms. The number of hydrogen-bond donors (Lipinski definition) is 0. The van der Waals surface area contributed by atoms with E-state index in [2.05, 4.69) is 181 Å². The molecule has 2 aromatic heterocycles. The second kappa shape index (κ2) is 30.3. The van der Waals surface area contributed by atoms with Crippen LogP contribution in [0, 0.1) is 0 Å². The molecule has 5 aromatic carbocycles. The summed E-state index contributed by atoms with van der Waals surface area (Å²) < 4.78 is 28.1. The van der Waals surface area contributed by atoms with Gasteiger partial charge in [-0.15, -0.1) is 22.7 Å². The molecule has 0 N–H and O–H groups in total. The minimum Gasteiger partial charge on any atom is -0.494 e. The fraction of sp³-hybridized carbons (Fsp3) is 0.472. The fourth-order valence-electron chi connectivity index (χ4n) is 12.6. The Balaban J connectivity index is 1.13. The molecule has 0 unspecified atom stereocenters. The molecule has 80 heavy (non-hydrogen) atoms. The summed E-state index contributed by atoms with van der Waals surface area (Å²) >= 11 is 11.8. The van der Waals surface area contributed by atoms with Crippen LogP contribution in [-0.2, 0) is 10.8 Å². The SMILES string of the molecule is CCCCCCCCOc1ccc(C2(c3ccc(OCCCCCCCC)cc3)c3cc4c(cc3-c3sc(Br)cc32)C(c2ccc(OCCCCCCCC)cc2)(c2ccc(OCCCCCCCC)cc2)c2cc(Br)sc2-4)cc1. The average Bonchev–Trinajstić information content (AvgIpc) is 4.38. The van der Waals surface area contributed by atoms with Crippen molar-refractivity contribution in [3.8, 4) is 43.9 Å². The Bertz CT molecular complexity index is 2650. The van der Waals surface area contributed by atoms with Crippen molar-refractivity contribution in [3.63, 3.8) is 0 Å². The van der Waals surface area contributed by atoms with Gasteiger partial charge in [0.05, 0.1) is 44.8 Å². The number of thiophene rings is 2. The molecule has 2 aliphatic carbocycles. The van der Waals surface area contributed by atoms with Crippen LogP contribution < -0.4 is 18.9 Å². The third-order valence-electron chi connectivity index (χ3n) is 16.9. The van der Waals surface area contributed by atoms with Crippen LogP contribution in [-0.4, -0.2) is 26.4 Å². The van der Waals surface area contributed by atoms with Gasteiger partial charge >= 0.3 is 0 Å². The second-order valence-corrected chi connectivity index (χ2v) is 27.5. The van der Waals surface area contributed by atoms with Crippen molar-refractivity contribution in [2.45, 2.75) is 193 Å². The van der Waals surface area contributed by atoms with Gasteiger partial charge in [0.15, 0.2) is 0 Å². The van der Waals surface area contributed by atoms with Crippen molar-refractivity contribution >= 4 is 54.5 Å². The van der Waals surface area contributed by atoms with E-state index in [4.69, 9.17) is 18.9 Å². The predicted molar refractivity (Wildman–Crippen MR) is 348 cm³/mol. The van der Waals surface area contributed by atoms with Gasteiger partial charge in [0.1, 0.15) is 23.0 Å². The minimum absolute atomic E-state index is 0.623. The van der Waals surface area contributed by atoms with Crippen LogP contribution in [0.3, 0.4) is 0 Å². The lowest BCUT2D eigenvalue weighted by Crippen LogP contribution is -2.30. The molecule has 0 spiro atoms. The van der Waals surface area contributed by atoms with Crippen LogP contribution in [0.15, 0.2) is 129 Å². The fourth-order valence-corrected chi connectivity index (χ4v) is 16.0. The first-order valence-electron chi connectivity index (χ1n) is 31.1. The molecule has 9 rings (SSSR count). The molecule has 0 fully saturated rings. The van der Waals surface area contributed by atoms with E-state index < -0.39 is 10.8 Å². The van der Waals surface area contributed by atoms with Crippen molar-refractivity contribution in [2.75, 3.05) is 26.4 Å². The van der Waals surface area contributed by atoms with Gasteiger partial charge in [0.2, 0.25) is 0 Å². The lowest BCUT2D eigenvalue weighted by molar-refractivity contribution is 0.304. The van der Waals surface area contributed by atoms with E-state index in [1.54, 1.807) is 0 Å². The van der Waals surface area contributed by atoms with Crippen molar-refractivity contribution in [3.05, 3.63) is 173 Å². The first kappa shape index (κ1) is 60.3. The third kappa shape index (κ3) is 13.8. The molecule has 0 saturated carbocycles. The molecule has 0 aliphatic heterocycles. The highest BCUT2D eigenvalue weighted by molar-refractivity contribution is 9.11. The van der Waals surface area contributed by atoms with Gasteiger partial charge in [0.25, 0.3) is 0 Å². The average molecular weight is 1240 g/mol. The molecule has 8 heteroatoms. The zero-order chi connectivity index (χ0) is 55.6. The van der Waals surface area contributed by atoms with E-state index in [9.17, 15) is 0 Å². The summed E-state index contributed by atoms with van der Waals surface area (Å²) in [5.41, 5.74) is 11.4. The molecule has 4 nitrogen and oxygen atoms in total. The minimum atomic E-state index is -0.623. The largest absolute Gasteiger partial charge is 0.494 e. The zero-order valence-corrected chi connectivity index (χ0v) is 53.4. The highest BCUT2D eigenvalue weighted by Crippen LogP contribution is 2.65. The molecular formula is C72H88Br2O4S2. The van der Waals surface area contributed by atoms with Gasteiger partial charge < -0.3 is 18.9 Å². The van der Waals surface area contributed by atoms with E-state index in [0.717, 1.165) is 82.7 Å². The first-order chi connectivity index (χ1) is 39.4. The van der Waals surface area contributed by atoms with Crippen LogP contribution in [0.5, 0.6) is 23.0 Å². The normalized spacial score (nSPS) is 13.5. The van der Waals surface area contributed by atoms with Crippen LogP contribution in [0.2, 0.25) is 0 Å². The number of hydrogen-bond acceptors (Lipinski definition) is 6. The number of rotatable bonds is 36. The highest BCUT2D eigenvalue weighted by Gasteiger charge is 2.53. The monoisotopic (exact) mass is 1240 g/mol. The zero-order valence-electron chi connectivity index (χ0n) is 48.6. The molecule has 0 radical (unpaired) electrons. The van der Waals surface area contributed by atoms with Gasteiger partial charge in [-0.25, -0.2) is 0 Å². The number of benzene rings is 5. The van der Waals surface area contributed by atoms with Crippen LogP contribution in [0.4, 0.5) is 0 Å². The predicted octanol–water partition coefficient (Wildman–Crippen LogP) is 23.0. The molecule has 0 atom stereocenters. The Morgan fingerprint density at radius 1 is 0.300 bits per heavy atom. The number of halogens is 2. The Morgan fingerprint density at radius 2 is 0.537 bits per heavy atom. The Kier molecular flexibility index (Phi) is 22.8. The summed E-state index contributed by atoms with van der Waals surface area (Å²) in [6, 6.07) is 46.3. The molecule has 426 valence electrons. The Morgan fingerprint density at radius 3 is 0.787 bits per heavy atom. The summed E-state index contributed by atoms with van der Waals surface area (Å²) in [6.07, 6.45) is 29.7. The number of unbranched alkanes of at least 4 members (excludes halogenated alkanes) is 20. The molecule has 2 heterocycles.